The first kappa shape index (κ1) is 46.1. The molecule has 7 heteroatoms. The van der Waals surface area contributed by atoms with Gasteiger partial charge in [0.1, 0.15) is 0 Å². The zero-order valence-electron chi connectivity index (χ0n) is 39.6. The Kier molecular flexibility index (Phi) is 13.0. The topological polar surface area (TPSA) is 27.7 Å². The van der Waals surface area contributed by atoms with Crippen LogP contribution in [0.3, 0.4) is 0 Å². The number of fused-ring (bicyclic) bond motifs is 7. The van der Waals surface area contributed by atoms with E-state index in [9.17, 15) is 0 Å². The molecule has 0 aromatic heterocycles. The molecule has 0 fully saturated rings. The monoisotopic (exact) mass is 1030 g/mol. The molecule has 0 saturated carbocycles. The van der Waals surface area contributed by atoms with Crippen LogP contribution in [0.4, 0.5) is 0 Å². The van der Waals surface area contributed by atoms with Crippen molar-refractivity contribution in [2.45, 2.75) is 33.1 Å². The van der Waals surface area contributed by atoms with Gasteiger partial charge in [-0.2, -0.15) is 0 Å². The molecule has 10 aromatic rings. The Hall–Kier alpha value is -6.34. The fourth-order valence-electron chi connectivity index (χ4n) is 11.1. The van der Waals surface area contributed by atoms with Crippen LogP contribution in [-0.4, -0.2) is 37.9 Å². The zero-order chi connectivity index (χ0) is 47.5. The minimum absolute atomic E-state index is 0.282. The third kappa shape index (κ3) is 8.07. The third-order valence-electron chi connectivity index (χ3n) is 14.3. The SMILES string of the molecule is CCCCC(C)COP1(=[Se])Oc2c([Si](c3ccccc3)(c3ccccc3)c3ccccc3)cc3ccccc3c2-c2c(c([Si](c3ccccc3)(c3ccccc3)c3ccccc3)cc3ccccc23)O1. The van der Waals surface area contributed by atoms with Gasteiger partial charge in [-0.15, -0.1) is 0 Å². The molecule has 0 bridgehead atoms. The second kappa shape index (κ2) is 19.8. The van der Waals surface area contributed by atoms with Crippen LogP contribution < -0.4 is 50.5 Å². The predicted octanol–water partition coefficient (Wildman–Crippen LogP) is 10.9. The molecule has 1 aliphatic heterocycles. The van der Waals surface area contributed by atoms with E-state index in [0.29, 0.717) is 6.61 Å². The van der Waals surface area contributed by atoms with E-state index >= 15 is 0 Å². The third-order valence-corrected chi connectivity index (χ3v) is 26.7. The summed E-state index contributed by atoms with van der Waals surface area (Å²) >= 11 is 3.59. The molecular weight excluding hydrogens is 971 g/mol. The fourth-order valence-corrected chi connectivity index (χ4v) is 23.8. The van der Waals surface area contributed by atoms with E-state index in [-0.39, 0.29) is 5.92 Å². The van der Waals surface area contributed by atoms with Gasteiger partial charge in [-0.1, -0.05) is 0 Å². The molecule has 1 atom stereocenters. The molecule has 1 unspecified atom stereocenters. The number of hydrogen-bond acceptors (Lipinski definition) is 3. The molecule has 1 heterocycles. The van der Waals surface area contributed by atoms with E-state index in [0.717, 1.165) is 73.8 Å². The van der Waals surface area contributed by atoms with Crippen molar-refractivity contribution in [3.05, 3.63) is 243 Å². The normalized spacial score (nSPS) is 13.6. The van der Waals surface area contributed by atoms with Gasteiger partial charge >= 0.3 is 425 Å². The molecule has 3 nitrogen and oxygen atoms in total. The van der Waals surface area contributed by atoms with Crippen molar-refractivity contribution in [3.63, 3.8) is 0 Å². The molecule has 0 saturated heterocycles. The van der Waals surface area contributed by atoms with Gasteiger partial charge in [0.05, 0.1) is 0 Å². The molecule has 1 aliphatic rings. The van der Waals surface area contributed by atoms with Crippen LogP contribution >= 0.6 is 6.19 Å². The summed E-state index contributed by atoms with van der Waals surface area (Å²) in [6.45, 7) is 5.02. The Labute approximate surface area is 422 Å². The quantitative estimate of drug-likeness (QED) is 0.0617. The van der Waals surface area contributed by atoms with Gasteiger partial charge in [0, 0.05) is 0 Å². The van der Waals surface area contributed by atoms with Gasteiger partial charge in [-0.3, -0.25) is 0 Å². The Balaban J connectivity index is 1.36. The Morgan fingerprint density at radius 3 is 1.06 bits per heavy atom. The average molecular weight is 1030 g/mol. The summed E-state index contributed by atoms with van der Waals surface area (Å²) in [6.07, 6.45) is -0.136. The first-order valence-corrected chi connectivity index (χ1v) is 32.3. The Morgan fingerprint density at radius 1 is 0.443 bits per heavy atom. The summed E-state index contributed by atoms with van der Waals surface area (Å²) in [5.74, 6) is 1.90. The molecule has 344 valence electrons. The maximum atomic E-state index is 7.99. The second-order valence-electron chi connectivity index (χ2n) is 18.6. The average Bonchev–Trinajstić information content (AvgIpc) is 3.57. The minimum atomic E-state index is -3.44. The number of unbranched alkanes of at least 4 members (excludes halogenated alkanes) is 1. The fraction of sp³-hybridized carbons (Fsp3) is 0.111. The number of hydrogen-bond donors (Lipinski definition) is 0. The summed E-state index contributed by atoms with van der Waals surface area (Å²) in [5.41, 5.74) is 2.05. The van der Waals surface area contributed by atoms with Gasteiger partial charge in [-0.25, -0.2) is 0 Å². The van der Waals surface area contributed by atoms with Crippen molar-refractivity contribution >= 4 is 100 Å². The summed E-state index contributed by atoms with van der Waals surface area (Å²) in [7, 11) is -6.53. The zero-order valence-corrected chi connectivity index (χ0v) is 44.2. The van der Waals surface area contributed by atoms with Crippen LogP contribution in [0.2, 0.25) is 0 Å². The first-order chi connectivity index (χ1) is 34.5. The van der Waals surface area contributed by atoms with E-state index < -0.39 is 22.3 Å². The predicted molar refractivity (Wildman–Crippen MR) is 303 cm³/mol. The van der Waals surface area contributed by atoms with Crippen molar-refractivity contribution in [2.24, 2.45) is 5.92 Å². The number of rotatable bonds is 14. The molecule has 0 amide bonds. The molecular formula is C63H55O3PSeSi2. The molecule has 0 N–H and O–H groups in total. The van der Waals surface area contributed by atoms with Gasteiger partial charge in [-0.05, 0) is 0 Å². The van der Waals surface area contributed by atoms with E-state index in [1.54, 1.807) is 0 Å². The van der Waals surface area contributed by atoms with Gasteiger partial charge in [0.2, 0.25) is 0 Å². The summed E-state index contributed by atoms with van der Waals surface area (Å²) in [5, 5.41) is 14.3. The molecule has 0 radical (unpaired) electrons. The Bertz CT molecular complexity index is 3060. The van der Waals surface area contributed by atoms with Gasteiger partial charge < -0.3 is 0 Å². The van der Waals surface area contributed by atoms with Crippen molar-refractivity contribution in [3.8, 4) is 22.6 Å². The van der Waals surface area contributed by atoms with E-state index in [2.05, 4.69) is 272 Å². The van der Waals surface area contributed by atoms with Crippen molar-refractivity contribution in [2.75, 3.05) is 6.61 Å². The van der Waals surface area contributed by atoms with Crippen LogP contribution in [0.5, 0.6) is 11.5 Å². The van der Waals surface area contributed by atoms with Crippen molar-refractivity contribution < 1.29 is 13.6 Å². The van der Waals surface area contributed by atoms with Crippen LogP contribution in [0.15, 0.2) is 243 Å². The molecule has 11 rings (SSSR count). The molecule has 10 aromatic carbocycles. The summed E-state index contributed by atoms with van der Waals surface area (Å²) < 4.78 is 23.3. The Morgan fingerprint density at radius 2 is 0.743 bits per heavy atom. The standard InChI is InChI=1S/C63H55O3PSeSi2/c1-3-4-27-47(2)46-64-67(68)65-62-58(69(50-30-11-5-12-31-50,51-32-13-6-14-33-51)52-34-15-7-16-35-52)44-48-28-23-25-42-56(48)60(62)61-57-43-26-24-29-49(57)45-59(63(61)66-67)70(53-36-17-8-18-37-53,54-38-19-9-20-39-54)55-40-21-10-22-41-55/h5-26,28-45,47H,3-4,27,46H2,1-2H3. The van der Waals surface area contributed by atoms with Crippen LogP contribution in [0.25, 0.3) is 32.7 Å². The molecule has 70 heavy (non-hydrogen) atoms. The van der Waals surface area contributed by atoms with E-state index in [4.69, 9.17) is 13.6 Å². The van der Waals surface area contributed by atoms with Crippen molar-refractivity contribution in [1.82, 2.24) is 0 Å². The van der Waals surface area contributed by atoms with Gasteiger partial charge in [0.25, 0.3) is 0 Å². The summed E-state index contributed by atoms with van der Waals surface area (Å²) in [4.78, 5) is 0. The molecule has 0 spiro atoms. The second-order valence-corrected chi connectivity index (χ2v) is 30.4. The van der Waals surface area contributed by atoms with Crippen molar-refractivity contribution in [1.29, 1.82) is 0 Å². The summed E-state index contributed by atoms with van der Waals surface area (Å²) in [6, 6.07) is 89.6. The van der Waals surface area contributed by atoms with Gasteiger partial charge in [0.15, 0.2) is 0 Å². The maximum absolute atomic E-state index is 7.99. The first-order valence-electron chi connectivity index (χ1n) is 24.6. The van der Waals surface area contributed by atoms with Crippen LogP contribution in [-0.2, 0) is 4.52 Å². The van der Waals surface area contributed by atoms with Crippen LogP contribution in [0.1, 0.15) is 33.1 Å². The van der Waals surface area contributed by atoms with Crippen LogP contribution in [0, 0.1) is 5.92 Å². The van der Waals surface area contributed by atoms with E-state index in [1.165, 1.54) is 31.1 Å². The van der Waals surface area contributed by atoms with E-state index in [1.807, 2.05) is 0 Å². The molecule has 0 aliphatic carbocycles. The number of benzene rings is 10.